The molecule has 2 rings (SSSR count). The quantitative estimate of drug-likeness (QED) is 0.519. The summed E-state index contributed by atoms with van der Waals surface area (Å²) in [5.41, 5.74) is 0. The third kappa shape index (κ3) is 7.82. The molecule has 4 amide bonds. The van der Waals surface area contributed by atoms with Gasteiger partial charge in [-0.15, -0.1) is 28.6 Å². The van der Waals surface area contributed by atoms with Gasteiger partial charge in [-0.3, -0.25) is 24.1 Å². The zero-order valence-corrected chi connectivity index (χ0v) is 21.2. The predicted octanol–water partition coefficient (Wildman–Crippen LogP) is 3.03. The fourth-order valence-corrected chi connectivity index (χ4v) is 5.14. The monoisotopic (exact) mass is 474 g/mol. The third-order valence-electron chi connectivity index (χ3n) is 4.25. The van der Waals surface area contributed by atoms with E-state index in [0.29, 0.717) is 16.7 Å². The highest BCUT2D eigenvalue weighted by Gasteiger charge is 2.42. The maximum absolute atomic E-state index is 11.8. The van der Waals surface area contributed by atoms with Crippen LogP contribution in [0.1, 0.15) is 68.2 Å². The van der Waals surface area contributed by atoms with Crippen molar-refractivity contribution in [2.45, 2.75) is 95.3 Å². The molecule has 2 unspecified atom stereocenters. The van der Waals surface area contributed by atoms with Crippen molar-refractivity contribution in [3.63, 3.8) is 0 Å². The van der Waals surface area contributed by atoms with Gasteiger partial charge in [0.25, 0.3) is 11.8 Å². The number of thioether (sulfide) groups is 2. The van der Waals surface area contributed by atoms with Gasteiger partial charge in [0.2, 0.25) is 11.8 Å². The molecule has 0 aromatic rings. The lowest BCUT2D eigenvalue weighted by Crippen LogP contribution is -2.37. The number of amides is 4. The average molecular weight is 475 g/mol. The Kier molecular flexibility index (Phi) is 10.5. The molecule has 0 radical (unpaired) electrons. The minimum atomic E-state index is -0.568. The number of hydrogen-bond acceptors (Lipinski definition) is 8. The van der Waals surface area contributed by atoms with Crippen LogP contribution < -0.4 is 0 Å². The second-order valence-corrected chi connectivity index (χ2v) is 12.1. The van der Waals surface area contributed by atoms with Crippen LogP contribution in [0.5, 0.6) is 0 Å². The number of rotatable bonds is 7. The molecule has 2 aliphatic rings. The summed E-state index contributed by atoms with van der Waals surface area (Å²) in [6.07, 6.45) is 0.479. The molecule has 31 heavy (non-hydrogen) atoms. The van der Waals surface area contributed by atoms with Gasteiger partial charge in [-0.25, -0.2) is 4.79 Å². The molecule has 2 saturated heterocycles. The van der Waals surface area contributed by atoms with Gasteiger partial charge in [-0.05, 0) is 24.3 Å². The van der Waals surface area contributed by atoms with E-state index in [1.165, 1.54) is 16.7 Å². The van der Waals surface area contributed by atoms with Crippen LogP contribution in [-0.2, 0) is 28.8 Å². The molecule has 10 heteroatoms. The highest BCUT2D eigenvalue weighted by molar-refractivity contribution is 8.01. The third-order valence-corrected chi connectivity index (χ3v) is 6.73. The van der Waals surface area contributed by atoms with E-state index in [-0.39, 0.29) is 40.7 Å². The zero-order valence-electron chi connectivity index (χ0n) is 19.5. The first-order valence-electron chi connectivity index (χ1n) is 10.5. The summed E-state index contributed by atoms with van der Waals surface area (Å²) < 4.78 is 0. The fraction of sp³-hybridized carbons (Fsp3) is 0.762. The van der Waals surface area contributed by atoms with Crippen molar-refractivity contribution in [1.29, 1.82) is 0 Å². The minimum Gasteiger partial charge on any atom is -0.330 e. The Hall–Kier alpha value is -1.55. The molecule has 0 spiro atoms. The lowest BCUT2D eigenvalue weighted by Gasteiger charge is -2.19. The normalized spacial score (nSPS) is 21.7. The maximum Gasteiger partial charge on any atom is 0.335 e. The van der Waals surface area contributed by atoms with E-state index < -0.39 is 23.0 Å². The molecule has 176 valence electrons. The molecule has 0 N–H and O–H groups in total. The maximum atomic E-state index is 11.8. The van der Waals surface area contributed by atoms with Gasteiger partial charge >= 0.3 is 5.97 Å². The Morgan fingerprint density at radius 1 is 0.806 bits per heavy atom. The lowest BCUT2D eigenvalue weighted by molar-refractivity contribution is -0.199. The van der Waals surface area contributed by atoms with Crippen LogP contribution in [0.3, 0.4) is 0 Å². The Labute approximate surface area is 193 Å². The van der Waals surface area contributed by atoms with Crippen molar-refractivity contribution in [3.8, 4) is 0 Å². The summed E-state index contributed by atoms with van der Waals surface area (Å²) in [5, 5.41) is 0.677. The molecule has 2 heterocycles. The van der Waals surface area contributed by atoms with Gasteiger partial charge in [0.05, 0.1) is 22.8 Å². The highest BCUT2D eigenvalue weighted by atomic mass is 32.2. The average Bonchev–Trinajstić information content (AvgIpc) is 3.04. The van der Waals surface area contributed by atoms with Gasteiger partial charge in [-0.2, -0.15) is 0 Å². The molecule has 2 aliphatic heterocycles. The summed E-state index contributed by atoms with van der Waals surface area (Å²) in [6, 6.07) is -0.00670. The van der Waals surface area contributed by atoms with E-state index in [4.69, 9.17) is 4.84 Å². The molecule has 0 saturated carbocycles. The van der Waals surface area contributed by atoms with Gasteiger partial charge in [0.1, 0.15) is 0 Å². The minimum absolute atomic E-state index is 0.00670. The van der Waals surface area contributed by atoms with Crippen molar-refractivity contribution in [2.24, 2.45) is 5.92 Å². The summed E-state index contributed by atoms with van der Waals surface area (Å²) in [6.45, 7) is 15.0. The SMILES string of the molecule is CC(C)SC1CC(=O)N(C(C)C)C1=O.CC(C)SC1CC(=O)N(OC(=O)C(C)C)C1=O. The summed E-state index contributed by atoms with van der Waals surface area (Å²) in [7, 11) is 0. The van der Waals surface area contributed by atoms with Crippen LogP contribution in [0.25, 0.3) is 0 Å². The summed E-state index contributed by atoms with van der Waals surface area (Å²) in [5.74, 6) is -1.84. The molecule has 2 fully saturated rings. The first kappa shape index (κ1) is 27.5. The molecule has 0 aliphatic carbocycles. The zero-order chi connectivity index (χ0) is 24.0. The van der Waals surface area contributed by atoms with E-state index in [2.05, 4.69) is 0 Å². The van der Waals surface area contributed by atoms with Crippen LogP contribution in [0.4, 0.5) is 0 Å². The molecule has 0 aromatic heterocycles. The number of carbonyl (C=O) groups excluding carboxylic acids is 5. The molecule has 0 aromatic carbocycles. The van der Waals surface area contributed by atoms with Crippen molar-refractivity contribution < 1.29 is 28.8 Å². The Balaban J connectivity index is 0.000000316. The molecular weight excluding hydrogens is 440 g/mol. The highest BCUT2D eigenvalue weighted by Crippen LogP contribution is 2.30. The first-order chi connectivity index (χ1) is 14.3. The molecule has 2 atom stereocenters. The Morgan fingerprint density at radius 3 is 1.65 bits per heavy atom. The number of carbonyl (C=O) groups is 5. The second-order valence-electron chi connectivity index (χ2n) is 8.54. The fourth-order valence-electron chi connectivity index (χ4n) is 2.91. The Bertz CT molecular complexity index is 708. The van der Waals surface area contributed by atoms with Gasteiger partial charge in [0.15, 0.2) is 0 Å². The van der Waals surface area contributed by atoms with Gasteiger partial charge in [0, 0.05) is 12.5 Å². The number of hydroxylamine groups is 2. The van der Waals surface area contributed by atoms with Crippen molar-refractivity contribution in [1.82, 2.24) is 9.96 Å². The van der Waals surface area contributed by atoms with Crippen LogP contribution >= 0.6 is 23.5 Å². The van der Waals surface area contributed by atoms with E-state index in [1.54, 1.807) is 25.6 Å². The number of imide groups is 2. The molecule has 8 nitrogen and oxygen atoms in total. The second kappa shape index (κ2) is 11.9. The number of hydrogen-bond donors (Lipinski definition) is 0. The number of likely N-dealkylation sites (tertiary alicyclic amines) is 1. The van der Waals surface area contributed by atoms with Crippen LogP contribution in [0.2, 0.25) is 0 Å². The van der Waals surface area contributed by atoms with Crippen molar-refractivity contribution >= 4 is 53.1 Å². The van der Waals surface area contributed by atoms with E-state index in [9.17, 15) is 24.0 Å². The predicted molar refractivity (Wildman–Crippen MR) is 122 cm³/mol. The van der Waals surface area contributed by atoms with E-state index in [0.717, 1.165) is 0 Å². The van der Waals surface area contributed by atoms with E-state index >= 15 is 0 Å². The number of nitrogens with zero attached hydrogens (tertiary/aromatic N) is 2. The van der Waals surface area contributed by atoms with Gasteiger partial charge in [-0.1, -0.05) is 41.5 Å². The van der Waals surface area contributed by atoms with Crippen LogP contribution in [-0.4, -0.2) is 66.6 Å². The standard InChI is InChI=1S/C11H17NO4S.C10H17NO2S/c1-6(2)11(15)16-12-9(13)5-8(10(12)14)17-7(3)4;1-6(2)11-9(12)5-8(10(11)13)14-7(3)4/h6-8H,5H2,1-4H3;6-8H,5H2,1-4H3. The van der Waals surface area contributed by atoms with Crippen molar-refractivity contribution in [2.75, 3.05) is 0 Å². The van der Waals surface area contributed by atoms with Crippen LogP contribution in [0, 0.1) is 5.92 Å². The first-order valence-corrected chi connectivity index (χ1v) is 12.4. The molecule has 0 bridgehead atoms. The summed E-state index contributed by atoms with van der Waals surface area (Å²) >= 11 is 2.99. The van der Waals surface area contributed by atoms with Gasteiger partial charge < -0.3 is 4.84 Å². The molecular formula is C21H34N2O6S2. The lowest BCUT2D eigenvalue weighted by atomic mass is 10.2. The Morgan fingerprint density at radius 2 is 1.26 bits per heavy atom. The topological polar surface area (TPSA) is 101 Å². The van der Waals surface area contributed by atoms with E-state index in [1.807, 2.05) is 41.5 Å². The van der Waals surface area contributed by atoms with Crippen molar-refractivity contribution in [3.05, 3.63) is 0 Å². The largest absolute Gasteiger partial charge is 0.335 e. The van der Waals surface area contributed by atoms with Crippen LogP contribution in [0.15, 0.2) is 0 Å². The summed E-state index contributed by atoms with van der Waals surface area (Å²) in [4.78, 5) is 64.2. The smallest absolute Gasteiger partial charge is 0.330 e.